The van der Waals surface area contributed by atoms with Crippen LogP contribution in [-0.2, 0) is 16.0 Å². The zero-order chi connectivity index (χ0) is 16.7. The van der Waals surface area contributed by atoms with E-state index in [1.807, 2.05) is 7.05 Å². The summed E-state index contributed by atoms with van der Waals surface area (Å²) in [5, 5.41) is 5.30. The fourth-order valence-electron chi connectivity index (χ4n) is 2.55. The highest BCUT2D eigenvalue weighted by atomic mass is 127. The van der Waals surface area contributed by atoms with Crippen LogP contribution in [0.4, 0.5) is 0 Å². The number of piperidine rings is 1. The van der Waals surface area contributed by atoms with E-state index < -0.39 is 0 Å². The van der Waals surface area contributed by atoms with E-state index in [4.69, 9.17) is 0 Å². The summed E-state index contributed by atoms with van der Waals surface area (Å²) >= 11 is 1.75. The quantitative estimate of drug-likeness (QED) is 0.303. The normalized spacial score (nSPS) is 15.2. The van der Waals surface area contributed by atoms with Gasteiger partial charge < -0.3 is 10.2 Å². The van der Waals surface area contributed by atoms with Gasteiger partial charge in [-0.15, -0.1) is 35.3 Å². The van der Waals surface area contributed by atoms with Crippen molar-refractivity contribution in [2.75, 3.05) is 33.7 Å². The van der Waals surface area contributed by atoms with Crippen molar-refractivity contribution in [1.82, 2.24) is 15.1 Å². The van der Waals surface area contributed by atoms with E-state index in [2.05, 4.69) is 32.7 Å². The molecule has 1 aliphatic heterocycles. The van der Waals surface area contributed by atoms with Gasteiger partial charge in [-0.3, -0.25) is 19.5 Å². The molecule has 0 radical (unpaired) electrons. The Labute approximate surface area is 164 Å². The predicted octanol–water partition coefficient (Wildman–Crippen LogP) is 1.95. The van der Waals surface area contributed by atoms with Gasteiger partial charge in [0.15, 0.2) is 5.96 Å². The third kappa shape index (κ3) is 6.04. The second-order valence-corrected chi connectivity index (χ2v) is 6.55. The number of nitrogens with one attached hydrogen (secondary N) is 1. The van der Waals surface area contributed by atoms with Crippen molar-refractivity contribution in [1.29, 1.82) is 0 Å². The summed E-state index contributed by atoms with van der Waals surface area (Å²) in [5.74, 6) is 0.645. The Bertz CT molecular complexity index is 546. The summed E-state index contributed by atoms with van der Waals surface area (Å²) in [6, 6.07) is 4.18. The van der Waals surface area contributed by atoms with Crippen molar-refractivity contribution in [3.63, 3.8) is 0 Å². The molecular weight excluding hydrogens is 439 g/mol. The number of imide groups is 1. The fraction of sp³-hybridized carbons (Fsp3) is 0.562. The van der Waals surface area contributed by atoms with E-state index in [1.54, 1.807) is 18.4 Å². The number of nitrogens with zero attached hydrogens (tertiary/aromatic N) is 3. The van der Waals surface area contributed by atoms with Gasteiger partial charge in [-0.1, -0.05) is 6.07 Å². The second-order valence-electron chi connectivity index (χ2n) is 5.52. The molecule has 1 N–H and O–H groups in total. The first-order valence-electron chi connectivity index (χ1n) is 7.89. The Hall–Kier alpha value is -1.16. The maximum absolute atomic E-state index is 11.8. The van der Waals surface area contributed by atoms with E-state index in [-0.39, 0.29) is 35.8 Å². The minimum atomic E-state index is -0.0657. The van der Waals surface area contributed by atoms with Crippen molar-refractivity contribution in [2.45, 2.75) is 25.7 Å². The van der Waals surface area contributed by atoms with E-state index in [0.717, 1.165) is 18.9 Å². The average Bonchev–Trinajstić information content (AvgIpc) is 3.05. The second kappa shape index (κ2) is 10.7. The van der Waals surface area contributed by atoms with Crippen molar-refractivity contribution in [3.8, 4) is 0 Å². The Balaban J connectivity index is 0.00000288. The summed E-state index contributed by atoms with van der Waals surface area (Å²) in [7, 11) is 3.72. The summed E-state index contributed by atoms with van der Waals surface area (Å²) in [5.41, 5.74) is 0. The number of aliphatic imine (C=N–C) groups is 1. The van der Waals surface area contributed by atoms with Gasteiger partial charge in [-0.25, -0.2) is 0 Å². The van der Waals surface area contributed by atoms with E-state index in [1.165, 1.54) is 9.78 Å². The van der Waals surface area contributed by atoms with Gasteiger partial charge in [-0.05, 0) is 24.3 Å². The number of likely N-dealkylation sites (tertiary alicyclic amines) is 1. The van der Waals surface area contributed by atoms with Crippen molar-refractivity contribution >= 4 is 53.1 Å². The number of amides is 2. The molecule has 1 aromatic rings. The monoisotopic (exact) mass is 464 g/mol. The molecule has 134 valence electrons. The third-order valence-corrected chi connectivity index (χ3v) is 4.79. The molecule has 0 atom stereocenters. The molecule has 8 heteroatoms. The number of carbonyl (C=O) groups excluding carboxylic acids is 2. The molecule has 1 fully saturated rings. The van der Waals surface area contributed by atoms with Gasteiger partial charge in [0, 0.05) is 51.4 Å². The Morgan fingerprint density at radius 2 is 2.08 bits per heavy atom. The summed E-state index contributed by atoms with van der Waals surface area (Å²) in [6.45, 7) is 1.78. The lowest BCUT2D eigenvalue weighted by molar-refractivity contribution is -0.147. The van der Waals surface area contributed by atoms with Crippen molar-refractivity contribution in [2.24, 2.45) is 4.99 Å². The van der Waals surface area contributed by atoms with Gasteiger partial charge in [0.05, 0.1) is 0 Å². The highest BCUT2D eigenvalue weighted by Gasteiger charge is 2.25. The van der Waals surface area contributed by atoms with Gasteiger partial charge in [-0.2, -0.15) is 0 Å². The lowest BCUT2D eigenvalue weighted by Gasteiger charge is -2.26. The maximum atomic E-state index is 11.8. The van der Waals surface area contributed by atoms with Crippen molar-refractivity contribution in [3.05, 3.63) is 22.4 Å². The lowest BCUT2D eigenvalue weighted by Crippen LogP contribution is -2.47. The summed E-state index contributed by atoms with van der Waals surface area (Å²) < 4.78 is 0. The van der Waals surface area contributed by atoms with Crippen LogP contribution in [0.25, 0.3) is 0 Å². The minimum Gasteiger partial charge on any atom is -0.354 e. The smallest absolute Gasteiger partial charge is 0.229 e. The molecule has 0 aliphatic carbocycles. The number of hydrogen-bond acceptors (Lipinski definition) is 4. The van der Waals surface area contributed by atoms with Crippen LogP contribution in [0.15, 0.2) is 22.5 Å². The van der Waals surface area contributed by atoms with Crippen LogP contribution in [0.1, 0.15) is 24.1 Å². The third-order valence-electron chi connectivity index (χ3n) is 3.85. The Morgan fingerprint density at radius 1 is 1.38 bits per heavy atom. The zero-order valence-corrected chi connectivity index (χ0v) is 17.3. The molecule has 0 saturated carbocycles. The molecule has 2 heterocycles. The summed E-state index contributed by atoms with van der Waals surface area (Å²) in [4.78, 5) is 32.5. The number of thiophene rings is 1. The van der Waals surface area contributed by atoms with Gasteiger partial charge in [0.2, 0.25) is 11.8 Å². The number of rotatable bonds is 6. The lowest BCUT2D eigenvalue weighted by atomic mass is 10.1. The Morgan fingerprint density at radius 3 is 2.67 bits per heavy atom. The molecule has 6 nitrogen and oxygen atoms in total. The highest BCUT2D eigenvalue weighted by molar-refractivity contribution is 14.0. The number of hydrogen-bond donors (Lipinski definition) is 1. The Kier molecular flexibility index (Phi) is 9.27. The topological polar surface area (TPSA) is 65.0 Å². The predicted molar refractivity (Wildman–Crippen MR) is 108 cm³/mol. The molecule has 1 aliphatic rings. The van der Waals surface area contributed by atoms with Crippen LogP contribution in [0.3, 0.4) is 0 Å². The highest BCUT2D eigenvalue weighted by Crippen LogP contribution is 2.11. The van der Waals surface area contributed by atoms with Crippen LogP contribution in [0.2, 0.25) is 0 Å². The molecule has 1 aromatic heterocycles. The number of carbonyl (C=O) groups is 2. The first kappa shape index (κ1) is 20.9. The van der Waals surface area contributed by atoms with Crippen molar-refractivity contribution < 1.29 is 9.59 Å². The van der Waals surface area contributed by atoms with Gasteiger partial charge in [0.25, 0.3) is 0 Å². The molecule has 24 heavy (non-hydrogen) atoms. The first-order chi connectivity index (χ1) is 11.1. The number of halogens is 1. The molecule has 2 rings (SSSR count). The van der Waals surface area contributed by atoms with Crippen LogP contribution < -0.4 is 5.32 Å². The van der Waals surface area contributed by atoms with E-state index in [9.17, 15) is 9.59 Å². The fourth-order valence-corrected chi connectivity index (χ4v) is 3.25. The number of guanidine groups is 1. The molecule has 0 bridgehead atoms. The SMILES string of the molecule is CN=C(NCCN1C(=O)CCCC1=O)N(C)CCc1cccs1.I. The van der Waals surface area contributed by atoms with Crippen LogP contribution in [-0.4, -0.2) is 61.3 Å². The average molecular weight is 464 g/mol. The molecule has 0 aromatic carbocycles. The van der Waals surface area contributed by atoms with E-state index in [0.29, 0.717) is 32.4 Å². The largest absolute Gasteiger partial charge is 0.354 e. The molecule has 2 amide bonds. The molecule has 1 saturated heterocycles. The number of likely N-dealkylation sites (N-methyl/N-ethyl adjacent to an activating group) is 1. The standard InChI is InChI=1S/C16H24N4O2S.HI/c1-17-16(19(2)10-8-13-5-4-12-23-13)18-9-11-20-14(21)6-3-7-15(20)22;/h4-5,12H,3,6-11H2,1-2H3,(H,17,18);1H. The van der Waals surface area contributed by atoms with Crippen LogP contribution >= 0.6 is 35.3 Å². The zero-order valence-electron chi connectivity index (χ0n) is 14.2. The molecule has 0 unspecified atom stereocenters. The van der Waals surface area contributed by atoms with E-state index >= 15 is 0 Å². The maximum Gasteiger partial charge on any atom is 0.229 e. The van der Waals surface area contributed by atoms with Gasteiger partial charge >= 0.3 is 0 Å². The first-order valence-corrected chi connectivity index (χ1v) is 8.77. The van der Waals surface area contributed by atoms with Crippen LogP contribution in [0, 0.1) is 0 Å². The summed E-state index contributed by atoms with van der Waals surface area (Å²) in [6.07, 6.45) is 2.59. The van der Waals surface area contributed by atoms with Gasteiger partial charge in [0.1, 0.15) is 0 Å². The van der Waals surface area contributed by atoms with Crippen LogP contribution in [0.5, 0.6) is 0 Å². The minimum absolute atomic E-state index is 0. The molecule has 0 spiro atoms. The molecular formula is C16H25IN4O2S.